The van der Waals surface area contributed by atoms with Gasteiger partial charge in [0.2, 0.25) is 0 Å². The Morgan fingerprint density at radius 3 is 2.58 bits per heavy atom. The lowest BCUT2D eigenvalue weighted by atomic mass is 10.2. The first-order chi connectivity index (χ1) is 12.0. The molecule has 1 heterocycles. The molecule has 0 saturated carbocycles. The highest BCUT2D eigenvalue weighted by Crippen LogP contribution is 2.37. The maximum absolute atomic E-state index is 12.4. The smallest absolute Gasteiger partial charge is 0.326 e. The van der Waals surface area contributed by atoms with Crippen LogP contribution in [0.3, 0.4) is 0 Å². The Labute approximate surface area is 159 Å². The van der Waals surface area contributed by atoms with Crippen LogP contribution in [-0.4, -0.2) is 46.4 Å². The minimum atomic E-state index is -0.714. The van der Waals surface area contributed by atoms with Crippen molar-refractivity contribution in [1.82, 2.24) is 4.90 Å². The molecule has 0 radical (unpaired) electrons. The maximum atomic E-state index is 12.4. The van der Waals surface area contributed by atoms with Crippen LogP contribution in [0.5, 0.6) is 11.5 Å². The van der Waals surface area contributed by atoms with Crippen LogP contribution in [0.4, 0.5) is 4.79 Å². The van der Waals surface area contributed by atoms with Crippen molar-refractivity contribution < 1.29 is 29.0 Å². The molecule has 1 aromatic carbocycles. The maximum Gasteiger partial charge on any atom is 0.326 e. The van der Waals surface area contributed by atoms with Gasteiger partial charge in [-0.2, -0.15) is 0 Å². The number of aromatic hydroxyl groups is 1. The highest BCUT2D eigenvalue weighted by atomic mass is 35.5. The molecule has 0 aliphatic carbocycles. The molecule has 0 unspecified atom stereocenters. The molecule has 1 aliphatic heterocycles. The lowest BCUT2D eigenvalue weighted by Crippen LogP contribution is -2.37. The summed E-state index contributed by atoms with van der Waals surface area (Å²) in [7, 11) is 1.36. The predicted molar refractivity (Wildman–Crippen MR) is 98.2 cm³/mol. The summed E-state index contributed by atoms with van der Waals surface area (Å²) in [5.74, 6) is -1.36. The van der Waals surface area contributed by atoms with Crippen molar-refractivity contribution in [3.63, 3.8) is 0 Å². The fourth-order valence-electron chi connectivity index (χ4n) is 2.12. The van der Waals surface area contributed by atoms with Gasteiger partial charge in [-0.1, -0.05) is 11.6 Å². The van der Waals surface area contributed by atoms with E-state index in [1.54, 1.807) is 20.8 Å². The van der Waals surface area contributed by atoms with E-state index >= 15 is 0 Å². The molecule has 2 rings (SSSR count). The number of methoxy groups -OCH3 is 1. The van der Waals surface area contributed by atoms with E-state index in [0.29, 0.717) is 17.3 Å². The van der Waals surface area contributed by atoms with Crippen molar-refractivity contribution in [1.29, 1.82) is 0 Å². The number of hydrogen-bond donors (Lipinski definition) is 1. The summed E-state index contributed by atoms with van der Waals surface area (Å²) >= 11 is 6.62. The van der Waals surface area contributed by atoms with Crippen LogP contribution in [0.2, 0.25) is 5.02 Å². The number of amides is 2. The second kappa shape index (κ2) is 7.59. The van der Waals surface area contributed by atoms with Crippen molar-refractivity contribution in [2.45, 2.75) is 26.4 Å². The third kappa shape index (κ3) is 4.70. The number of rotatable bonds is 4. The Bertz CT molecular complexity index is 799. The number of phenolic OH excluding ortho intramolecular Hbond substituents is 1. The van der Waals surface area contributed by atoms with Gasteiger partial charge in [0.05, 0.1) is 17.0 Å². The lowest BCUT2D eigenvalue weighted by Gasteiger charge is -2.21. The van der Waals surface area contributed by atoms with Crippen molar-refractivity contribution >= 4 is 46.6 Å². The van der Waals surface area contributed by atoms with E-state index in [1.807, 2.05) is 0 Å². The third-order valence-electron chi connectivity index (χ3n) is 3.15. The molecule has 0 bridgehead atoms. The molecule has 140 valence electrons. The van der Waals surface area contributed by atoms with Crippen molar-refractivity contribution in [2.75, 3.05) is 13.7 Å². The Kier molecular flexibility index (Phi) is 5.87. The first kappa shape index (κ1) is 20.1. The van der Waals surface area contributed by atoms with Gasteiger partial charge in [-0.05, 0) is 56.3 Å². The number of hydrogen-bond acceptors (Lipinski definition) is 7. The minimum Gasteiger partial charge on any atom is -0.503 e. The Balaban J connectivity index is 2.22. The average Bonchev–Trinajstić information content (AvgIpc) is 2.76. The summed E-state index contributed by atoms with van der Waals surface area (Å²) in [6.45, 7) is 4.63. The SMILES string of the molecule is COc1cc(/C=C2\SC(=O)N(CC(=O)OC(C)(C)C)C2=O)cc(Cl)c1O. The largest absolute Gasteiger partial charge is 0.503 e. The number of carbonyl (C=O) groups excluding carboxylic acids is 3. The van der Waals surface area contributed by atoms with E-state index in [0.717, 1.165) is 4.90 Å². The summed E-state index contributed by atoms with van der Waals surface area (Å²) in [5, 5.41) is 9.23. The van der Waals surface area contributed by atoms with Crippen LogP contribution in [0.15, 0.2) is 17.0 Å². The zero-order valence-corrected chi connectivity index (χ0v) is 16.2. The number of benzene rings is 1. The fraction of sp³-hybridized carbons (Fsp3) is 0.353. The summed E-state index contributed by atoms with van der Waals surface area (Å²) in [5.41, 5.74) is -0.249. The number of phenols is 1. The Morgan fingerprint density at radius 1 is 1.35 bits per heavy atom. The first-order valence-electron chi connectivity index (χ1n) is 7.55. The molecular formula is C17H18ClNO6S. The minimum absolute atomic E-state index is 0.0450. The average molecular weight is 400 g/mol. The zero-order valence-electron chi connectivity index (χ0n) is 14.7. The van der Waals surface area contributed by atoms with Crippen LogP contribution in [0.25, 0.3) is 6.08 Å². The van der Waals surface area contributed by atoms with E-state index < -0.39 is 29.3 Å². The van der Waals surface area contributed by atoms with Gasteiger partial charge < -0.3 is 14.6 Å². The molecule has 1 aromatic rings. The normalized spacial score (nSPS) is 16.3. The zero-order chi connectivity index (χ0) is 19.6. The van der Waals surface area contributed by atoms with E-state index in [9.17, 15) is 19.5 Å². The summed E-state index contributed by atoms with van der Waals surface area (Å²) in [6.07, 6.45) is 1.44. The van der Waals surface area contributed by atoms with Crippen molar-refractivity contribution in [3.8, 4) is 11.5 Å². The molecule has 0 atom stereocenters. The van der Waals surface area contributed by atoms with E-state index in [1.165, 1.54) is 25.3 Å². The highest BCUT2D eigenvalue weighted by Gasteiger charge is 2.37. The number of esters is 1. The van der Waals surface area contributed by atoms with Gasteiger partial charge >= 0.3 is 5.97 Å². The van der Waals surface area contributed by atoms with E-state index in [4.69, 9.17) is 21.1 Å². The highest BCUT2D eigenvalue weighted by molar-refractivity contribution is 8.18. The molecule has 1 aliphatic rings. The van der Waals surface area contributed by atoms with Gasteiger partial charge in [0, 0.05) is 0 Å². The molecule has 2 amide bonds. The van der Waals surface area contributed by atoms with Crippen LogP contribution < -0.4 is 4.74 Å². The topological polar surface area (TPSA) is 93.1 Å². The van der Waals surface area contributed by atoms with Gasteiger partial charge in [0.25, 0.3) is 11.1 Å². The van der Waals surface area contributed by atoms with Gasteiger partial charge in [-0.15, -0.1) is 0 Å². The number of imide groups is 1. The van der Waals surface area contributed by atoms with E-state index in [2.05, 4.69) is 0 Å². The van der Waals surface area contributed by atoms with Crippen molar-refractivity contribution in [3.05, 3.63) is 27.6 Å². The molecular weight excluding hydrogens is 382 g/mol. The number of thioether (sulfide) groups is 1. The van der Waals surface area contributed by atoms with Crippen LogP contribution >= 0.6 is 23.4 Å². The van der Waals surface area contributed by atoms with Gasteiger partial charge in [0.15, 0.2) is 11.5 Å². The quantitative estimate of drug-likeness (QED) is 0.612. The molecule has 1 saturated heterocycles. The first-order valence-corrected chi connectivity index (χ1v) is 8.75. The lowest BCUT2D eigenvalue weighted by molar-refractivity contribution is -0.156. The molecule has 0 spiro atoms. The molecule has 7 nitrogen and oxygen atoms in total. The van der Waals surface area contributed by atoms with E-state index in [-0.39, 0.29) is 21.4 Å². The third-order valence-corrected chi connectivity index (χ3v) is 4.34. The second-order valence-corrected chi connectivity index (χ2v) is 7.81. The Hall–Kier alpha value is -2.19. The van der Waals surface area contributed by atoms with Crippen LogP contribution in [0.1, 0.15) is 26.3 Å². The standard InChI is InChI=1S/C17H18ClNO6S/c1-17(2,3)25-13(20)8-19-15(22)12(26-16(19)23)7-9-5-10(18)14(21)11(6-9)24-4/h5-7,21H,8H2,1-4H3/b12-7-. The predicted octanol–water partition coefficient (Wildman–Crippen LogP) is 3.43. The number of nitrogens with zero attached hydrogens (tertiary/aromatic N) is 1. The number of carbonyl (C=O) groups is 3. The van der Waals surface area contributed by atoms with Gasteiger partial charge in [-0.3, -0.25) is 19.3 Å². The molecule has 26 heavy (non-hydrogen) atoms. The summed E-state index contributed by atoms with van der Waals surface area (Å²) in [4.78, 5) is 37.3. The fourth-order valence-corrected chi connectivity index (χ4v) is 3.18. The molecule has 1 fully saturated rings. The van der Waals surface area contributed by atoms with Crippen LogP contribution in [0, 0.1) is 0 Å². The molecule has 1 N–H and O–H groups in total. The summed E-state index contributed by atoms with van der Waals surface area (Å²) < 4.78 is 10.1. The monoisotopic (exact) mass is 399 g/mol. The second-order valence-electron chi connectivity index (χ2n) is 6.41. The number of ether oxygens (including phenoxy) is 2. The molecule has 9 heteroatoms. The van der Waals surface area contributed by atoms with Crippen molar-refractivity contribution in [2.24, 2.45) is 0 Å². The Morgan fingerprint density at radius 2 is 2.00 bits per heavy atom. The molecule has 0 aromatic heterocycles. The van der Waals surface area contributed by atoms with Crippen LogP contribution in [-0.2, 0) is 14.3 Å². The van der Waals surface area contributed by atoms with Gasteiger partial charge in [0.1, 0.15) is 12.1 Å². The van der Waals surface area contributed by atoms with Gasteiger partial charge in [-0.25, -0.2) is 0 Å². The number of halogens is 1. The summed E-state index contributed by atoms with van der Waals surface area (Å²) in [6, 6.07) is 2.91.